The van der Waals surface area contributed by atoms with Gasteiger partial charge in [-0.1, -0.05) is 24.3 Å². The molecule has 0 radical (unpaired) electrons. The number of nitrogens with one attached hydrogen (secondary N) is 2. The van der Waals surface area contributed by atoms with Gasteiger partial charge in [0.25, 0.3) is 21.6 Å². The van der Waals surface area contributed by atoms with Crippen molar-refractivity contribution in [3.05, 3.63) is 94.3 Å². The minimum atomic E-state index is -4.14. The molecule has 9 nitrogen and oxygen atoms in total. The van der Waals surface area contributed by atoms with Gasteiger partial charge in [0.15, 0.2) is 0 Å². The van der Waals surface area contributed by atoms with E-state index in [2.05, 4.69) is 15.0 Å². The largest absolute Gasteiger partial charge is 0.346 e. The molecule has 2 aromatic carbocycles. The van der Waals surface area contributed by atoms with Gasteiger partial charge in [0.1, 0.15) is 0 Å². The van der Waals surface area contributed by atoms with Crippen molar-refractivity contribution in [3.8, 4) is 0 Å². The molecule has 1 amide bonds. The summed E-state index contributed by atoms with van der Waals surface area (Å²) >= 11 is 0. The zero-order valence-corrected chi connectivity index (χ0v) is 15.8. The first-order valence-electron chi connectivity index (χ1n) is 8.41. The number of nitro groups is 1. The minimum Gasteiger partial charge on any atom is -0.346 e. The number of hydrogen-bond donors (Lipinski definition) is 2. The lowest BCUT2D eigenvalue weighted by molar-refractivity contribution is -0.385. The van der Waals surface area contributed by atoms with E-state index in [4.69, 9.17) is 0 Å². The van der Waals surface area contributed by atoms with E-state index >= 15 is 0 Å². The van der Waals surface area contributed by atoms with Crippen LogP contribution in [0.1, 0.15) is 16.1 Å². The van der Waals surface area contributed by atoms with Crippen LogP contribution in [0.2, 0.25) is 0 Å². The molecule has 0 aliphatic rings. The molecule has 0 bridgehead atoms. The summed E-state index contributed by atoms with van der Waals surface area (Å²) in [5.41, 5.74) is 0.458. The Bertz CT molecular complexity index is 1150. The number of nitro benzene ring substituents is 1. The average molecular weight is 412 g/mol. The normalized spacial score (nSPS) is 10.9. The third kappa shape index (κ3) is 4.93. The van der Waals surface area contributed by atoms with Crippen molar-refractivity contribution in [3.63, 3.8) is 0 Å². The summed E-state index contributed by atoms with van der Waals surface area (Å²) in [6.45, 7) is 0.172. The van der Waals surface area contributed by atoms with E-state index in [1.807, 2.05) is 0 Å². The Balaban J connectivity index is 1.82. The van der Waals surface area contributed by atoms with Crippen molar-refractivity contribution in [2.75, 3.05) is 4.72 Å². The number of hydrogen-bond acceptors (Lipinski definition) is 6. The number of pyridine rings is 1. The van der Waals surface area contributed by atoms with Gasteiger partial charge < -0.3 is 5.32 Å². The second kappa shape index (κ2) is 8.48. The number of rotatable bonds is 7. The van der Waals surface area contributed by atoms with Crippen LogP contribution in [0.25, 0.3) is 0 Å². The molecular weight excluding hydrogens is 396 g/mol. The maximum atomic E-state index is 12.7. The number of non-ortho nitro benzene ring substituents is 1. The van der Waals surface area contributed by atoms with Gasteiger partial charge in [0, 0.05) is 18.3 Å². The fourth-order valence-electron chi connectivity index (χ4n) is 2.51. The van der Waals surface area contributed by atoms with E-state index in [-0.39, 0.29) is 28.4 Å². The van der Waals surface area contributed by atoms with Gasteiger partial charge in [-0.25, -0.2) is 8.42 Å². The summed E-state index contributed by atoms with van der Waals surface area (Å²) in [4.78, 5) is 26.6. The number of carbonyl (C=O) groups is 1. The van der Waals surface area contributed by atoms with E-state index in [1.165, 1.54) is 30.3 Å². The van der Waals surface area contributed by atoms with E-state index in [1.54, 1.807) is 36.5 Å². The Morgan fingerprint density at radius 1 is 1.03 bits per heavy atom. The fourth-order valence-corrected chi connectivity index (χ4v) is 3.63. The van der Waals surface area contributed by atoms with Gasteiger partial charge in [-0.15, -0.1) is 0 Å². The quantitative estimate of drug-likeness (QED) is 0.453. The first kappa shape index (κ1) is 20.0. The highest BCUT2D eigenvalue weighted by molar-refractivity contribution is 7.92. The first-order chi connectivity index (χ1) is 13.9. The Morgan fingerprint density at radius 3 is 2.52 bits per heavy atom. The molecule has 0 atom stereocenters. The number of carbonyl (C=O) groups excluding carboxylic acids is 1. The third-order valence-electron chi connectivity index (χ3n) is 3.91. The lowest BCUT2D eigenvalue weighted by Crippen LogP contribution is -2.25. The number of benzene rings is 2. The van der Waals surface area contributed by atoms with Crippen LogP contribution in [0.15, 0.2) is 77.8 Å². The molecule has 0 aliphatic heterocycles. The van der Waals surface area contributed by atoms with Gasteiger partial charge in [-0.2, -0.15) is 0 Å². The van der Waals surface area contributed by atoms with Crippen LogP contribution in [0.5, 0.6) is 0 Å². The van der Waals surface area contributed by atoms with E-state index in [0.29, 0.717) is 5.69 Å². The number of anilines is 1. The molecule has 0 saturated carbocycles. The summed E-state index contributed by atoms with van der Waals surface area (Å²) in [5.74, 6) is -0.493. The number of aromatic nitrogens is 1. The molecule has 0 spiro atoms. The molecule has 1 heterocycles. The molecule has 0 aliphatic carbocycles. The van der Waals surface area contributed by atoms with Crippen LogP contribution in [-0.4, -0.2) is 24.2 Å². The fraction of sp³-hybridized carbons (Fsp3) is 0.0526. The molecule has 0 saturated heterocycles. The van der Waals surface area contributed by atoms with Crippen LogP contribution in [-0.2, 0) is 16.6 Å². The summed E-state index contributed by atoms with van der Waals surface area (Å²) in [6.07, 6.45) is 1.60. The highest BCUT2D eigenvalue weighted by Crippen LogP contribution is 2.22. The number of sulfonamides is 1. The van der Waals surface area contributed by atoms with Crippen molar-refractivity contribution in [2.24, 2.45) is 0 Å². The summed E-state index contributed by atoms with van der Waals surface area (Å²) < 4.78 is 27.6. The molecule has 3 aromatic rings. The Morgan fingerprint density at radius 2 is 1.79 bits per heavy atom. The number of para-hydroxylation sites is 1. The van der Waals surface area contributed by atoms with E-state index < -0.39 is 20.9 Å². The van der Waals surface area contributed by atoms with Gasteiger partial charge in [-0.3, -0.25) is 24.6 Å². The third-order valence-corrected chi connectivity index (χ3v) is 5.27. The van der Waals surface area contributed by atoms with Crippen molar-refractivity contribution in [1.29, 1.82) is 0 Å². The predicted molar refractivity (Wildman–Crippen MR) is 106 cm³/mol. The smallest absolute Gasteiger partial charge is 0.270 e. The molecule has 2 N–H and O–H groups in total. The standard InChI is InChI=1S/C19H16N4O5S/c24-19(21-13-14-6-3-4-11-20-14)17-9-1-2-10-18(17)22-29(27,28)16-8-5-7-15(12-16)23(25)26/h1-12,22H,13H2,(H,21,24). The highest BCUT2D eigenvalue weighted by atomic mass is 32.2. The van der Waals surface area contributed by atoms with Crippen LogP contribution in [0.4, 0.5) is 11.4 Å². The monoisotopic (exact) mass is 412 g/mol. The second-order valence-corrected chi connectivity index (χ2v) is 7.59. The van der Waals surface area contributed by atoms with Crippen molar-refractivity contribution in [1.82, 2.24) is 10.3 Å². The molecule has 29 heavy (non-hydrogen) atoms. The zero-order chi connectivity index (χ0) is 20.9. The van der Waals surface area contributed by atoms with Crippen molar-refractivity contribution < 1.29 is 18.1 Å². The van der Waals surface area contributed by atoms with E-state index in [0.717, 1.165) is 6.07 Å². The van der Waals surface area contributed by atoms with Crippen molar-refractivity contribution in [2.45, 2.75) is 11.4 Å². The topological polar surface area (TPSA) is 131 Å². The van der Waals surface area contributed by atoms with Crippen LogP contribution in [0, 0.1) is 10.1 Å². The van der Waals surface area contributed by atoms with Gasteiger partial charge in [0.05, 0.1) is 33.3 Å². The predicted octanol–water partition coefficient (Wildman–Crippen LogP) is 2.72. The molecule has 3 rings (SSSR count). The van der Waals surface area contributed by atoms with Crippen LogP contribution < -0.4 is 10.0 Å². The summed E-state index contributed by atoms with van der Waals surface area (Å²) in [5, 5.41) is 13.6. The van der Waals surface area contributed by atoms with E-state index in [9.17, 15) is 23.3 Å². The zero-order valence-electron chi connectivity index (χ0n) is 15.0. The molecule has 10 heteroatoms. The molecule has 1 aromatic heterocycles. The lowest BCUT2D eigenvalue weighted by atomic mass is 10.1. The average Bonchev–Trinajstić information content (AvgIpc) is 2.73. The van der Waals surface area contributed by atoms with Crippen LogP contribution >= 0.6 is 0 Å². The molecular formula is C19H16N4O5S. The van der Waals surface area contributed by atoms with Gasteiger partial charge in [0.2, 0.25) is 0 Å². The molecule has 0 fully saturated rings. The van der Waals surface area contributed by atoms with Gasteiger partial charge in [-0.05, 0) is 30.3 Å². The maximum absolute atomic E-state index is 12.7. The molecule has 0 unspecified atom stereocenters. The molecule has 148 valence electrons. The maximum Gasteiger partial charge on any atom is 0.270 e. The Hall–Kier alpha value is -3.79. The van der Waals surface area contributed by atoms with Gasteiger partial charge >= 0.3 is 0 Å². The van der Waals surface area contributed by atoms with Crippen molar-refractivity contribution >= 4 is 27.3 Å². The SMILES string of the molecule is O=C(NCc1ccccn1)c1ccccc1NS(=O)(=O)c1cccc([N+](=O)[O-])c1. The Kier molecular flexibility index (Phi) is 5.84. The lowest BCUT2D eigenvalue weighted by Gasteiger charge is -2.12. The summed E-state index contributed by atoms with van der Waals surface area (Å²) in [7, 11) is -4.14. The van der Waals surface area contributed by atoms with Crippen LogP contribution in [0.3, 0.4) is 0 Å². The Labute approximate surface area is 166 Å². The number of nitrogens with zero attached hydrogens (tertiary/aromatic N) is 2. The number of amides is 1. The summed E-state index contributed by atoms with van der Waals surface area (Å²) in [6, 6.07) is 16.0. The second-order valence-electron chi connectivity index (χ2n) is 5.91. The highest BCUT2D eigenvalue weighted by Gasteiger charge is 2.20. The minimum absolute atomic E-state index is 0.0533. The first-order valence-corrected chi connectivity index (χ1v) is 9.89.